The summed E-state index contributed by atoms with van der Waals surface area (Å²) in [5, 5.41) is 0. The van der Waals surface area contributed by atoms with Crippen LogP contribution >= 0.6 is 0 Å². The van der Waals surface area contributed by atoms with Crippen LogP contribution in [0.25, 0.3) is 0 Å². The van der Waals surface area contributed by atoms with Crippen molar-refractivity contribution in [3.63, 3.8) is 0 Å². The van der Waals surface area contributed by atoms with Crippen molar-refractivity contribution in [3.05, 3.63) is 0 Å². The molecule has 0 unspecified atom stereocenters. The monoisotopic (exact) mass is 228 g/mol. The quantitative estimate of drug-likeness (QED) is 0.482. The van der Waals surface area contributed by atoms with Crippen LogP contribution < -0.4 is 0 Å². The van der Waals surface area contributed by atoms with Crippen LogP contribution in [0.4, 0.5) is 0 Å². The number of unbranched alkanes of at least 4 members (excludes halogenated alkanes) is 3. The highest BCUT2D eigenvalue weighted by atomic mass is 16.5. The molecule has 2 heteroatoms. The van der Waals surface area contributed by atoms with Crippen molar-refractivity contribution in [2.45, 2.75) is 66.7 Å². The van der Waals surface area contributed by atoms with Gasteiger partial charge in [-0.15, -0.1) is 0 Å². The van der Waals surface area contributed by atoms with Gasteiger partial charge in [0.1, 0.15) is 0 Å². The number of ether oxygens (including phenoxy) is 1. The number of carbonyl (C=O) groups is 1. The standard InChI is InChI=1S/C14H28O2/c1-12(2)10-8-6-7-9-11-16-13(15)14(3,4)5/h12H,6-11H2,1-5H3. The molecule has 0 bridgehead atoms. The van der Waals surface area contributed by atoms with E-state index in [9.17, 15) is 4.79 Å². The van der Waals surface area contributed by atoms with Crippen LogP contribution in [0, 0.1) is 11.3 Å². The van der Waals surface area contributed by atoms with E-state index in [1.165, 1.54) is 25.7 Å². The molecule has 0 aliphatic rings. The summed E-state index contributed by atoms with van der Waals surface area (Å²) >= 11 is 0. The Hall–Kier alpha value is -0.530. The third-order valence-electron chi connectivity index (χ3n) is 2.52. The average molecular weight is 228 g/mol. The van der Waals surface area contributed by atoms with Gasteiger partial charge in [-0.1, -0.05) is 39.5 Å². The van der Waals surface area contributed by atoms with Gasteiger partial charge in [-0.05, 0) is 33.1 Å². The molecule has 0 N–H and O–H groups in total. The second kappa shape index (κ2) is 7.70. The number of carbonyl (C=O) groups excluding carboxylic acids is 1. The van der Waals surface area contributed by atoms with Crippen LogP contribution in [0.3, 0.4) is 0 Å². The smallest absolute Gasteiger partial charge is 0.311 e. The molecule has 0 amide bonds. The Balaban J connectivity index is 3.31. The highest BCUT2D eigenvalue weighted by Crippen LogP contribution is 2.15. The minimum atomic E-state index is -0.363. The zero-order valence-electron chi connectivity index (χ0n) is 11.6. The number of hydrogen-bond acceptors (Lipinski definition) is 2. The predicted octanol–water partition coefficient (Wildman–Crippen LogP) is 4.18. The third kappa shape index (κ3) is 8.75. The number of hydrogen-bond donors (Lipinski definition) is 0. The molecule has 0 heterocycles. The lowest BCUT2D eigenvalue weighted by atomic mass is 9.97. The summed E-state index contributed by atoms with van der Waals surface area (Å²) in [7, 11) is 0. The lowest BCUT2D eigenvalue weighted by Crippen LogP contribution is -2.23. The molecule has 0 aliphatic carbocycles. The molecule has 0 fully saturated rings. The Kier molecular flexibility index (Phi) is 7.44. The molecule has 0 rings (SSSR count). The van der Waals surface area contributed by atoms with E-state index in [1.54, 1.807) is 0 Å². The van der Waals surface area contributed by atoms with Crippen LogP contribution in [0.15, 0.2) is 0 Å². The van der Waals surface area contributed by atoms with Crippen molar-refractivity contribution in [1.29, 1.82) is 0 Å². The van der Waals surface area contributed by atoms with Crippen LogP contribution in [-0.2, 0) is 9.53 Å². The van der Waals surface area contributed by atoms with Crippen LogP contribution in [-0.4, -0.2) is 12.6 Å². The number of rotatable bonds is 7. The van der Waals surface area contributed by atoms with Crippen molar-refractivity contribution in [2.24, 2.45) is 11.3 Å². The first-order chi connectivity index (χ1) is 7.34. The van der Waals surface area contributed by atoms with Crippen LogP contribution in [0.5, 0.6) is 0 Å². The molecule has 0 aromatic rings. The molecular formula is C14H28O2. The first-order valence-corrected chi connectivity index (χ1v) is 6.51. The second-order valence-corrected chi connectivity index (χ2v) is 5.98. The molecular weight excluding hydrogens is 200 g/mol. The fraction of sp³-hybridized carbons (Fsp3) is 0.929. The molecule has 0 saturated carbocycles. The summed E-state index contributed by atoms with van der Waals surface area (Å²) in [6.07, 6.45) is 6.03. The van der Waals surface area contributed by atoms with Crippen LogP contribution in [0.2, 0.25) is 0 Å². The van der Waals surface area contributed by atoms with Crippen molar-refractivity contribution >= 4 is 5.97 Å². The Labute approximate surface area is 101 Å². The van der Waals surface area contributed by atoms with Gasteiger partial charge in [-0.2, -0.15) is 0 Å². The van der Waals surface area contributed by atoms with E-state index in [-0.39, 0.29) is 11.4 Å². The summed E-state index contributed by atoms with van der Waals surface area (Å²) < 4.78 is 5.20. The summed E-state index contributed by atoms with van der Waals surface area (Å²) in [6, 6.07) is 0. The molecule has 0 aromatic carbocycles. The van der Waals surface area contributed by atoms with E-state index < -0.39 is 0 Å². The molecule has 0 radical (unpaired) electrons. The Bertz CT molecular complexity index is 189. The van der Waals surface area contributed by atoms with E-state index in [1.807, 2.05) is 20.8 Å². The second-order valence-electron chi connectivity index (χ2n) is 5.98. The maximum atomic E-state index is 11.4. The topological polar surface area (TPSA) is 26.3 Å². The maximum Gasteiger partial charge on any atom is 0.311 e. The average Bonchev–Trinajstić information content (AvgIpc) is 2.14. The molecule has 0 saturated heterocycles. The van der Waals surface area contributed by atoms with Crippen LogP contribution in [0.1, 0.15) is 66.7 Å². The van der Waals surface area contributed by atoms with Gasteiger partial charge in [0.2, 0.25) is 0 Å². The predicted molar refractivity (Wildman–Crippen MR) is 68.3 cm³/mol. The van der Waals surface area contributed by atoms with Crippen molar-refractivity contribution in [1.82, 2.24) is 0 Å². The SMILES string of the molecule is CC(C)CCCCCCOC(=O)C(C)(C)C. The van der Waals surface area contributed by atoms with Gasteiger partial charge in [0.05, 0.1) is 12.0 Å². The summed E-state index contributed by atoms with van der Waals surface area (Å²) in [4.78, 5) is 11.4. The summed E-state index contributed by atoms with van der Waals surface area (Å²) in [5.74, 6) is 0.716. The first-order valence-electron chi connectivity index (χ1n) is 6.51. The Morgan fingerprint density at radius 1 is 1.06 bits per heavy atom. The van der Waals surface area contributed by atoms with Crippen molar-refractivity contribution in [3.8, 4) is 0 Å². The molecule has 0 spiro atoms. The van der Waals surface area contributed by atoms with E-state index in [4.69, 9.17) is 4.74 Å². The zero-order valence-corrected chi connectivity index (χ0v) is 11.6. The maximum absolute atomic E-state index is 11.4. The molecule has 96 valence electrons. The molecule has 16 heavy (non-hydrogen) atoms. The largest absolute Gasteiger partial charge is 0.465 e. The van der Waals surface area contributed by atoms with E-state index in [2.05, 4.69) is 13.8 Å². The van der Waals surface area contributed by atoms with Gasteiger partial charge in [0, 0.05) is 0 Å². The highest BCUT2D eigenvalue weighted by Gasteiger charge is 2.22. The first kappa shape index (κ1) is 15.5. The highest BCUT2D eigenvalue weighted by molar-refractivity contribution is 5.75. The molecule has 0 aromatic heterocycles. The van der Waals surface area contributed by atoms with E-state index in [0.717, 1.165) is 12.3 Å². The van der Waals surface area contributed by atoms with E-state index in [0.29, 0.717) is 6.61 Å². The minimum absolute atomic E-state index is 0.0883. The summed E-state index contributed by atoms with van der Waals surface area (Å²) in [5.41, 5.74) is -0.363. The van der Waals surface area contributed by atoms with Crippen molar-refractivity contribution < 1.29 is 9.53 Å². The van der Waals surface area contributed by atoms with Crippen molar-refractivity contribution in [2.75, 3.05) is 6.61 Å². The minimum Gasteiger partial charge on any atom is -0.465 e. The fourth-order valence-corrected chi connectivity index (χ4v) is 1.39. The van der Waals surface area contributed by atoms with Gasteiger partial charge in [0.15, 0.2) is 0 Å². The molecule has 0 aliphatic heterocycles. The van der Waals surface area contributed by atoms with Gasteiger partial charge >= 0.3 is 5.97 Å². The fourth-order valence-electron chi connectivity index (χ4n) is 1.39. The van der Waals surface area contributed by atoms with Gasteiger partial charge < -0.3 is 4.74 Å². The Morgan fingerprint density at radius 2 is 1.62 bits per heavy atom. The van der Waals surface area contributed by atoms with Gasteiger partial charge in [-0.3, -0.25) is 4.79 Å². The zero-order chi connectivity index (χ0) is 12.6. The molecule has 0 atom stereocenters. The number of esters is 1. The third-order valence-corrected chi connectivity index (χ3v) is 2.52. The normalized spacial score (nSPS) is 11.9. The molecule has 2 nitrogen and oxygen atoms in total. The lowest BCUT2D eigenvalue weighted by Gasteiger charge is -2.16. The Morgan fingerprint density at radius 3 is 2.12 bits per heavy atom. The summed E-state index contributed by atoms with van der Waals surface area (Å²) in [6.45, 7) is 10.8. The van der Waals surface area contributed by atoms with Gasteiger partial charge in [0.25, 0.3) is 0 Å². The van der Waals surface area contributed by atoms with E-state index >= 15 is 0 Å². The van der Waals surface area contributed by atoms with Gasteiger partial charge in [-0.25, -0.2) is 0 Å². The lowest BCUT2D eigenvalue weighted by molar-refractivity contribution is -0.153.